The molecule has 2 nitrogen and oxygen atoms in total. The molecule has 0 fully saturated rings. The zero-order chi connectivity index (χ0) is 16.8. The largest absolute Gasteiger partial charge is 0.240 e. The van der Waals surface area contributed by atoms with E-state index in [1.165, 1.54) is 0 Å². The van der Waals surface area contributed by atoms with Crippen molar-refractivity contribution in [2.45, 2.75) is 5.03 Å². The lowest BCUT2D eigenvalue weighted by atomic mass is 9.99. The molecule has 0 atom stereocenters. The molecule has 0 unspecified atom stereocenters. The average Bonchev–Trinajstić information content (AvgIpc) is 2.67. The molecule has 3 aromatic rings. The summed E-state index contributed by atoms with van der Waals surface area (Å²) in [5, 5.41) is 11.4. The molecule has 0 spiro atoms. The summed E-state index contributed by atoms with van der Waals surface area (Å²) < 4.78 is 0. The molecular weight excluding hydrogens is 332 g/mol. The third kappa shape index (κ3) is 3.64. The molecule has 4 heteroatoms. The Morgan fingerprint density at radius 1 is 0.958 bits per heavy atom. The summed E-state index contributed by atoms with van der Waals surface area (Å²) in [6.45, 7) is 0. The Kier molecular flexibility index (Phi) is 5.58. The first-order chi connectivity index (χ1) is 11.8. The Morgan fingerprint density at radius 2 is 1.58 bits per heavy atom. The van der Waals surface area contributed by atoms with Crippen molar-refractivity contribution in [3.05, 3.63) is 72.3 Å². The maximum atomic E-state index is 9.71. The second-order valence-electron chi connectivity index (χ2n) is 5.13. The first-order valence-electron chi connectivity index (χ1n) is 7.51. The van der Waals surface area contributed by atoms with Crippen molar-refractivity contribution in [1.82, 2.24) is 4.98 Å². The molecule has 24 heavy (non-hydrogen) atoms. The van der Waals surface area contributed by atoms with Crippen molar-refractivity contribution in [2.75, 3.05) is 11.3 Å². The second-order valence-corrected chi connectivity index (χ2v) is 7.33. The van der Waals surface area contributed by atoms with Crippen LogP contribution in [-0.2, 0) is 0 Å². The lowest BCUT2D eigenvalue weighted by Gasteiger charge is -2.12. The van der Waals surface area contributed by atoms with Crippen LogP contribution in [0.4, 0.5) is 0 Å². The van der Waals surface area contributed by atoms with Gasteiger partial charge in [0.15, 0.2) is 0 Å². The van der Waals surface area contributed by atoms with Crippen molar-refractivity contribution in [1.29, 1.82) is 5.26 Å². The standard InChI is InChI=1S/C20H16N2S2/c1-23-14-24-20-18(13-21)17(15-8-4-2-5-9-15)12-19(22-20)16-10-6-3-7-11-16/h2-12H,14H2,1H3. The maximum Gasteiger partial charge on any atom is 0.116 e. The van der Waals surface area contributed by atoms with Crippen LogP contribution in [0, 0.1) is 11.3 Å². The van der Waals surface area contributed by atoms with Gasteiger partial charge in [-0.1, -0.05) is 72.4 Å². The number of nitriles is 1. The fraction of sp³-hybridized carbons (Fsp3) is 0.100. The van der Waals surface area contributed by atoms with Gasteiger partial charge in [0.2, 0.25) is 0 Å². The molecule has 0 bridgehead atoms. The van der Waals surface area contributed by atoms with E-state index in [1.807, 2.05) is 66.7 Å². The molecule has 0 radical (unpaired) electrons. The minimum Gasteiger partial charge on any atom is -0.240 e. The maximum absolute atomic E-state index is 9.71. The number of nitrogens with zero attached hydrogens (tertiary/aromatic N) is 2. The summed E-state index contributed by atoms with van der Waals surface area (Å²) in [6, 6.07) is 24.5. The molecule has 0 N–H and O–H groups in total. The molecule has 118 valence electrons. The first-order valence-corrected chi connectivity index (χ1v) is 9.89. The van der Waals surface area contributed by atoms with Gasteiger partial charge in [-0.15, -0.1) is 0 Å². The van der Waals surface area contributed by atoms with Gasteiger partial charge in [-0.2, -0.15) is 17.0 Å². The van der Waals surface area contributed by atoms with Crippen LogP contribution in [0.2, 0.25) is 0 Å². The van der Waals surface area contributed by atoms with Gasteiger partial charge in [-0.25, -0.2) is 4.98 Å². The molecule has 0 saturated carbocycles. The minimum atomic E-state index is 0.653. The van der Waals surface area contributed by atoms with Crippen molar-refractivity contribution in [3.63, 3.8) is 0 Å². The zero-order valence-electron chi connectivity index (χ0n) is 13.3. The normalized spacial score (nSPS) is 10.3. The van der Waals surface area contributed by atoms with Crippen LogP contribution < -0.4 is 0 Å². The van der Waals surface area contributed by atoms with Crippen molar-refractivity contribution >= 4 is 23.5 Å². The van der Waals surface area contributed by atoms with E-state index in [4.69, 9.17) is 4.98 Å². The van der Waals surface area contributed by atoms with Gasteiger partial charge in [0.25, 0.3) is 0 Å². The SMILES string of the molecule is CSCSc1nc(-c2ccccc2)cc(-c2ccccc2)c1C#N. The molecule has 1 heterocycles. The van der Waals surface area contributed by atoms with Crippen LogP contribution in [0.1, 0.15) is 5.56 Å². The molecule has 0 aliphatic carbocycles. The van der Waals surface area contributed by atoms with E-state index in [0.29, 0.717) is 5.56 Å². The molecule has 3 rings (SSSR count). The molecule has 0 amide bonds. The highest BCUT2D eigenvalue weighted by atomic mass is 32.2. The average molecular weight is 348 g/mol. The van der Waals surface area contributed by atoms with Crippen LogP contribution in [0.3, 0.4) is 0 Å². The Bertz CT molecular complexity index is 856. The van der Waals surface area contributed by atoms with E-state index in [1.54, 1.807) is 23.5 Å². The Balaban J connectivity index is 2.21. The van der Waals surface area contributed by atoms with E-state index >= 15 is 0 Å². The van der Waals surface area contributed by atoms with Gasteiger partial charge >= 0.3 is 0 Å². The Hall–Kier alpha value is -2.22. The first kappa shape index (κ1) is 16.6. The molecule has 1 aromatic heterocycles. The molecule has 0 aliphatic heterocycles. The lowest BCUT2D eigenvalue weighted by Crippen LogP contribution is -1.95. The molecule has 0 saturated heterocycles. The fourth-order valence-corrected chi connectivity index (χ4v) is 3.83. The predicted molar refractivity (Wildman–Crippen MR) is 104 cm³/mol. The van der Waals surface area contributed by atoms with Crippen LogP contribution in [0.15, 0.2) is 71.8 Å². The fourth-order valence-electron chi connectivity index (χ4n) is 2.45. The van der Waals surface area contributed by atoms with Gasteiger partial charge in [0.05, 0.1) is 11.3 Å². The smallest absolute Gasteiger partial charge is 0.116 e. The lowest BCUT2D eigenvalue weighted by molar-refractivity contribution is 1.12. The van der Waals surface area contributed by atoms with Gasteiger partial charge in [-0.05, 0) is 17.9 Å². The summed E-state index contributed by atoms with van der Waals surface area (Å²) in [5.41, 5.74) is 4.59. The molecular formula is C20H16N2S2. The van der Waals surface area contributed by atoms with E-state index in [9.17, 15) is 5.26 Å². The summed E-state index contributed by atoms with van der Waals surface area (Å²) in [5.74, 6) is 0. The van der Waals surface area contributed by atoms with Gasteiger partial charge < -0.3 is 0 Å². The third-order valence-electron chi connectivity index (χ3n) is 3.57. The highest BCUT2D eigenvalue weighted by molar-refractivity contribution is 8.15. The monoisotopic (exact) mass is 348 g/mol. The van der Waals surface area contributed by atoms with E-state index in [-0.39, 0.29) is 0 Å². The Morgan fingerprint density at radius 3 is 2.17 bits per heavy atom. The summed E-state index contributed by atoms with van der Waals surface area (Å²) in [4.78, 5) is 4.76. The zero-order valence-corrected chi connectivity index (χ0v) is 14.9. The number of hydrogen-bond acceptors (Lipinski definition) is 4. The summed E-state index contributed by atoms with van der Waals surface area (Å²) in [6.07, 6.45) is 2.05. The Labute approximate surface area is 150 Å². The number of aromatic nitrogens is 1. The quantitative estimate of drug-likeness (QED) is 0.438. The highest BCUT2D eigenvalue weighted by Gasteiger charge is 2.15. The number of benzene rings is 2. The minimum absolute atomic E-state index is 0.653. The van der Waals surface area contributed by atoms with Crippen molar-refractivity contribution in [3.8, 4) is 28.5 Å². The number of hydrogen-bond donors (Lipinski definition) is 0. The number of pyridine rings is 1. The van der Waals surface area contributed by atoms with Crippen LogP contribution in [0.5, 0.6) is 0 Å². The van der Waals surface area contributed by atoms with Crippen molar-refractivity contribution < 1.29 is 0 Å². The number of thioether (sulfide) groups is 2. The van der Waals surface area contributed by atoms with Crippen molar-refractivity contribution in [2.24, 2.45) is 0 Å². The number of rotatable bonds is 5. The third-order valence-corrected chi connectivity index (χ3v) is 5.55. The highest BCUT2D eigenvalue weighted by Crippen LogP contribution is 2.34. The summed E-state index contributed by atoms with van der Waals surface area (Å²) >= 11 is 3.35. The van der Waals surface area contributed by atoms with Crippen LogP contribution in [-0.4, -0.2) is 16.3 Å². The van der Waals surface area contributed by atoms with Gasteiger partial charge in [0.1, 0.15) is 11.1 Å². The van der Waals surface area contributed by atoms with Gasteiger partial charge in [0, 0.05) is 16.2 Å². The van der Waals surface area contributed by atoms with E-state index < -0.39 is 0 Å². The van der Waals surface area contributed by atoms with E-state index in [0.717, 1.165) is 32.5 Å². The second kappa shape index (κ2) is 8.05. The topological polar surface area (TPSA) is 36.7 Å². The molecule has 2 aromatic carbocycles. The molecule has 0 aliphatic rings. The van der Waals surface area contributed by atoms with Crippen LogP contribution in [0.25, 0.3) is 22.4 Å². The summed E-state index contributed by atoms with van der Waals surface area (Å²) in [7, 11) is 0. The van der Waals surface area contributed by atoms with Crippen LogP contribution >= 0.6 is 23.5 Å². The van der Waals surface area contributed by atoms with Gasteiger partial charge in [-0.3, -0.25) is 0 Å². The van der Waals surface area contributed by atoms with E-state index in [2.05, 4.69) is 12.3 Å². The predicted octanol–water partition coefficient (Wildman–Crippen LogP) is 5.70.